The van der Waals surface area contributed by atoms with E-state index in [1.165, 1.54) is 6.33 Å². The van der Waals surface area contributed by atoms with Crippen LogP contribution in [0.15, 0.2) is 6.33 Å². The number of rotatable bonds is 4. The van der Waals surface area contributed by atoms with E-state index in [9.17, 15) is 15.0 Å². The van der Waals surface area contributed by atoms with Gasteiger partial charge in [0.15, 0.2) is 17.7 Å². The Kier molecular flexibility index (Phi) is 5.38. The lowest BCUT2D eigenvalue weighted by Crippen LogP contribution is -2.65. The third kappa shape index (κ3) is 3.78. The number of likely N-dealkylation sites (tertiary alicyclic amines) is 1. The van der Waals surface area contributed by atoms with Gasteiger partial charge in [-0.05, 0) is 40.3 Å². The average molecular weight is 405 g/mol. The molecule has 2 saturated heterocycles. The normalized spacial score (nSPS) is 33.1. The monoisotopic (exact) mass is 405 g/mol. The van der Waals surface area contributed by atoms with E-state index in [0.29, 0.717) is 22.8 Å². The summed E-state index contributed by atoms with van der Waals surface area (Å²) < 4.78 is 5.90. The second kappa shape index (κ2) is 7.82. The minimum absolute atomic E-state index is 0.159. The number of ether oxygens (including phenoxy) is 1. The van der Waals surface area contributed by atoms with Crippen molar-refractivity contribution in [2.75, 3.05) is 18.9 Å². The van der Waals surface area contributed by atoms with Crippen molar-refractivity contribution >= 4 is 22.9 Å². The number of aliphatic hydroxyl groups is 2. The maximum absolute atomic E-state index is 12.6. The molecule has 5 N–H and O–H groups in total. The summed E-state index contributed by atoms with van der Waals surface area (Å²) in [5.41, 5.74) is 1.07. The number of imidazole rings is 1. The number of carbonyl (C=O) groups is 1. The van der Waals surface area contributed by atoms with Crippen LogP contribution in [0.3, 0.4) is 0 Å². The number of hydrogen-bond acceptors (Lipinski definition) is 9. The van der Waals surface area contributed by atoms with Gasteiger partial charge in [-0.2, -0.15) is 0 Å². The molecular weight excluding hydrogens is 378 g/mol. The number of fused-ring (bicyclic) bond motifs is 1. The molecule has 29 heavy (non-hydrogen) atoms. The highest BCUT2D eigenvalue weighted by Crippen LogP contribution is 2.25. The zero-order valence-electron chi connectivity index (χ0n) is 16.7. The molecule has 2 fully saturated rings. The number of hydrogen-bond donors (Lipinski definition) is 5. The van der Waals surface area contributed by atoms with Gasteiger partial charge in [-0.25, -0.2) is 15.0 Å². The van der Waals surface area contributed by atoms with E-state index < -0.39 is 30.6 Å². The fourth-order valence-electron chi connectivity index (χ4n) is 4.07. The molecule has 6 atom stereocenters. The lowest BCUT2D eigenvalue weighted by atomic mass is 9.95. The summed E-state index contributed by atoms with van der Waals surface area (Å²) in [6, 6.07) is -0.941. The van der Waals surface area contributed by atoms with Crippen LogP contribution < -0.4 is 10.6 Å². The summed E-state index contributed by atoms with van der Waals surface area (Å²) in [7, 11) is 1.91. The molecule has 1 amide bonds. The zero-order valence-corrected chi connectivity index (χ0v) is 16.7. The van der Waals surface area contributed by atoms with Crippen LogP contribution in [0.4, 0.5) is 5.82 Å². The number of carbonyl (C=O) groups excluding carboxylic acids is 1. The van der Waals surface area contributed by atoms with Crippen LogP contribution in [0, 0.1) is 6.92 Å². The predicted molar refractivity (Wildman–Crippen MR) is 104 cm³/mol. The van der Waals surface area contributed by atoms with Gasteiger partial charge < -0.3 is 30.6 Å². The average Bonchev–Trinajstić information content (AvgIpc) is 3.31. The van der Waals surface area contributed by atoms with Crippen molar-refractivity contribution in [3.8, 4) is 0 Å². The van der Waals surface area contributed by atoms with E-state index in [4.69, 9.17) is 4.74 Å². The minimum atomic E-state index is -1.27. The van der Waals surface area contributed by atoms with Crippen molar-refractivity contribution in [3.63, 3.8) is 0 Å². The number of aromatic amines is 1. The molecule has 0 spiro atoms. The molecule has 11 nitrogen and oxygen atoms in total. The Bertz CT molecular complexity index is 890. The number of aliphatic hydroxyl groups excluding tert-OH is 2. The molecular formula is C18H27N7O4. The van der Waals surface area contributed by atoms with Crippen molar-refractivity contribution in [1.29, 1.82) is 0 Å². The SMILES string of the molecule is Cc1nc(N[C@H]2O[C@@H](C)[C@H](NC(=O)[C@H]3CCCN3C)[C@@H](O)[C@@H]2O)c2[nH]cnc2n1. The Morgan fingerprint density at radius 1 is 1.34 bits per heavy atom. The maximum atomic E-state index is 12.6. The molecule has 4 rings (SSSR count). The van der Waals surface area contributed by atoms with Gasteiger partial charge in [0.1, 0.15) is 23.5 Å². The van der Waals surface area contributed by atoms with Crippen LogP contribution in [0.1, 0.15) is 25.6 Å². The third-order valence-corrected chi connectivity index (χ3v) is 5.70. The van der Waals surface area contributed by atoms with Crippen molar-refractivity contribution in [3.05, 3.63) is 12.2 Å². The summed E-state index contributed by atoms with van der Waals surface area (Å²) in [6.07, 6.45) is -0.669. The Morgan fingerprint density at radius 2 is 2.14 bits per heavy atom. The van der Waals surface area contributed by atoms with Crippen molar-refractivity contribution in [1.82, 2.24) is 30.2 Å². The molecule has 4 heterocycles. The first-order valence-electron chi connectivity index (χ1n) is 9.81. The van der Waals surface area contributed by atoms with Gasteiger partial charge in [0.2, 0.25) is 5.91 Å². The van der Waals surface area contributed by atoms with Gasteiger partial charge in [0, 0.05) is 0 Å². The van der Waals surface area contributed by atoms with E-state index in [1.807, 2.05) is 11.9 Å². The van der Waals surface area contributed by atoms with Crippen molar-refractivity contribution in [2.24, 2.45) is 0 Å². The summed E-state index contributed by atoms with van der Waals surface area (Å²) in [5.74, 6) is 0.772. The van der Waals surface area contributed by atoms with Gasteiger partial charge >= 0.3 is 0 Å². The van der Waals surface area contributed by atoms with Gasteiger partial charge in [-0.15, -0.1) is 0 Å². The Morgan fingerprint density at radius 3 is 2.86 bits per heavy atom. The topological polar surface area (TPSA) is 149 Å². The highest BCUT2D eigenvalue weighted by molar-refractivity contribution is 5.83. The number of aromatic nitrogens is 4. The Labute approximate surface area is 167 Å². The van der Waals surface area contributed by atoms with Gasteiger partial charge in [-0.3, -0.25) is 9.69 Å². The third-order valence-electron chi connectivity index (χ3n) is 5.70. The molecule has 2 aliphatic rings. The summed E-state index contributed by atoms with van der Waals surface area (Å²) in [4.78, 5) is 30.2. The van der Waals surface area contributed by atoms with Crippen molar-refractivity contribution < 1.29 is 19.7 Å². The minimum Gasteiger partial charge on any atom is -0.388 e. The molecule has 2 aromatic rings. The fourth-order valence-corrected chi connectivity index (χ4v) is 4.07. The molecule has 11 heteroatoms. The molecule has 0 bridgehead atoms. The highest BCUT2D eigenvalue weighted by atomic mass is 16.5. The molecule has 158 valence electrons. The van der Waals surface area contributed by atoms with Crippen LogP contribution in [0.25, 0.3) is 11.2 Å². The molecule has 0 radical (unpaired) electrons. The van der Waals surface area contributed by atoms with Gasteiger partial charge in [0.25, 0.3) is 0 Å². The molecule has 2 aromatic heterocycles. The first-order chi connectivity index (χ1) is 13.8. The molecule has 0 unspecified atom stereocenters. The maximum Gasteiger partial charge on any atom is 0.237 e. The number of amides is 1. The molecule has 2 aliphatic heterocycles. The van der Waals surface area contributed by atoms with Crippen LogP contribution in [-0.2, 0) is 9.53 Å². The second-order valence-electron chi connectivity index (χ2n) is 7.78. The highest BCUT2D eigenvalue weighted by Gasteiger charge is 2.44. The standard InChI is InChI=1S/C18H27N7O4/c1-8-11(23-17(28)10-5-4-6-25(10)3)13(26)14(27)18(29-8)24-16-12-15(20-7-19-12)21-9(2)22-16/h7-8,10-11,13-14,18,26-27H,4-6H2,1-3H3,(H,23,28)(H2,19,20,21,22,24)/t8-,10+,11-,13+,14-,18-/m0/s1. The largest absolute Gasteiger partial charge is 0.388 e. The van der Waals surface area contributed by atoms with E-state index in [1.54, 1.807) is 13.8 Å². The van der Waals surface area contributed by atoms with Gasteiger partial charge in [0.05, 0.1) is 24.5 Å². The lowest BCUT2D eigenvalue weighted by molar-refractivity contribution is -0.173. The van der Waals surface area contributed by atoms with E-state index >= 15 is 0 Å². The first kappa shape index (κ1) is 20.0. The first-order valence-corrected chi connectivity index (χ1v) is 9.81. The summed E-state index contributed by atoms with van der Waals surface area (Å²) >= 11 is 0. The second-order valence-corrected chi connectivity index (χ2v) is 7.78. The van der Waals surface area contributed by atoms with Crippen LogP contribution >= 0.6 is 0 Å². The number of anilines is 1. The zero-order chi connectivity index (χ0) is 20.7. The quantitative estimate of drug-likeness (QED) is 0.437. The van der Waals surface area contributed by atoms with Gasteiger partial charge in [-0.1, -0.05) is 0 Å². The van der Waals surface area contributed by atoms with Crippen molar-refractivity contribution in [2.45, 2.75) is 63.3 Å². The number of nitrogens with one attached hydrogen (secondary N) is 3. The molecule has 0 aromatic carbocycles. The Balaban J connectivity index is 1.47. The summed E-state index contributed by atoms with van der Waals surface area (Å²) in [5, 5.41) is 27.2. The van der Waals surface area contributed by atoms with E-state index in [-0.39, 0.29) is 11.9 Å². The van der Waals surface area contributed by atoms with Crippen LogP contribution in [-0.4, -0.2) is 91.2 Å². The number of H-pyrrole nitrogens is 1. The number of aryl methyl sites for hydroxylation is 1. The Hall–Kier alpha value is -2.34. The van der Waals surface area contributed by atoms with E-state index in [2.05, 4.69) is 30.6 Å². The fraction of sp³-hybridized carbons (Fsp3) is 0.667. The van der Waals surface area contributed by atoms with Crippen LogP contribution in [0.2, 0.25) is 0 Å². The number of nitrogens with zero attached hydrogens (tertiary/aromatic N) is 4. The lowest BCUT2D eigenvalue weighted by Gasteiger charge is -2.42. The number of likely N-dealkylation sites (N-methyl/N-ethyl adjacent to an activating group) is 1. The molecule has 0 saturated carbocycles. The van der Waals surface area contributed by atoms with Crippen LogP contribution in [0.5, 0.6) is 0 Å². The predicted octanol–water partition coefficient (Wildman–Crippen LogP) is -0.881. The molecule has 0 aliphatic carbocycles. The van der Waals surface area contributed by atoms with E-state index in [0.717, 1.165) is 19.4 Å². The summed E-state index contributed by atoms with van der Waals surface area (Å²) in [6.45, 7) is 4.36. The smallest absolute Gasteiger partial charge is 0.237 e.